The van der Waals surface area contributed by atoms with Crippen molar-refractivity contribution in [1.82, 2.24) is 24.9 Å². The number of carbonyl (C=O) groups excluding carboxylic acids is 1. The molecule has 1 aromatic carbocycles. The molecule has 0 saturated heterocycles. The highest BCUT2D eigenvalue weighted by molar-refractivity contribution is 6.24. The fraction of sp³-hybridized carbons (Fsp3) is 0.0500. The molecule has 11 heteroatoms. The van der Waals surface area contributed by atoms with Crippen LogP contribution in [0.4, 0.5) is 24.7 Å². The number of fused-ring (bicyclic) bond motifs is 5. The number of carbonyl (C=O) groups is 1. The Balaban J connectivity index is 1.62. The molecule has 1 aliphatic rings. The molecule has 0 spiro atoms. The summed E-state index contributed by atoms with van der Waals surface area (Å²) in [4.78, 5) is 31.8. The Morgan fingerprint density at radius 1 is 0.968 bits per heavy atom. The standard InChI is InChI=1S/C20H8F3N7O/c21-20(22,23)19-28-6-12-16-11-3-9(29-15-8-25-10(4-24)5-27-15)1-2-14(11)26-7-13(16)18(31)17(12)30-19/h1-3,5-8H,(H,27,29). The van der Waals surface area contributed by atoms with Crippen LogP contribution in [0.2, 0.25) is 0 Å². The molecule has 3 heterocycles. The van der Waals surface area contributed by atoms with Gasteiger partial charge in [0.2, 0.25) is 11.6 Å². The molecule has 0 atom stereocenters. The van der Waals surface area contributed by atoms with Gasteiger partial charge in [-0.2, -0.15) is 18.4 Å². The molecule has 0 bridgehead atoms. The molecule has 0 aliphatic heterocycles. The lowest BCUT2D eigenvalue weighted by atomic mass is 10.0. The molecular weight excluding hydrogens is 411 g/mol. The number of aromatic nitrogens is 5. The zero-order chi connectivity index (χ0) is 21.8. The van der Waals surface area contributed by atoms with Crippen LogP contribution in [-0.2, 0) is 6.18 Å². The first-order chi connectivity index (χ1) is 14.8. The van der Waals surface area contributed by atoms with Crippen molar-refractivity contribution in [2.75, 3.05) is 5.32 Å². The van der Waals surface area contributed by atoms with Crippen molar-refractivity contribution in [3.05, 3.63) is 65.8 Å². The first-order valence-corrected chi connectivity index (χ1v) is 8.76. The molecule has 150 valence electrons. The topological polar surface area (TPSA) is 117 Å². The average molecular weight is 419 g/mol. The van der Waals surface area contributed by atoms with Crippen LogP contribution in [-0.4, -0.2) is 30.7 Å². The van der Waals surface area contributed by atoms with Gasteiger partial charge in [-0.1, -0.05) is 0 Å². The molecule has 0 unspecified atom stereocenters. The number of halogens is 3. The van der Waals surface area contributed by atoms with Crippen LogP contribution in [0.5, 0.6) is 0 Å². The zero-order valence-electron chi connectivity index (χ0n) is 15.3. The van der Waals surface area contributed by atoms with Crippen LogP contribution in [0.15, 0.2) is 43.0 Å². The highest BCUT2D eigenvalue weighted by atomic mass is 19.4. The van der Waals surface area contributed by atoms with Crippen molar-refractivity contribution in [3.8, 4) is 17.2 Å². The first-order valence-electron chi connectivity index (χ1n) is 8.76. The van der Waals surface area contributed by atoms with Crippen LogP contribution in [0.25, 0.3) is 22.0 Å². The van der Waals surface area contributed by atoms with Crippen molar-refractivity contribution in [2.24, 2.45) is 0 Å². The normalized spacial score (nSPS) is 12.4. The first kappa shape index (κ1) is 18.6. The van der Waals surface area contributed by atoms with Gasteiger partial charge in [-0.3, -0.25) is 9.78 Å². The number of alkyl halides is 3. The van der Waals surface area contributed by atoms with E-state index in [4.69, 9.17) is 5.26 Å². The maximum absolute atomic E-state index is 13.0. The molecule has 1 aliphatic carbocycles. The summed E-state index contributed by atoms with van der Waals surface area (Å²) >= 11 is 0. The van der Waals surface area contributed by atoms with E-state index in [0.29, 0.717) is 28.0 Å². The molecule has 1 N–H and O–H groups in total. The number of pyridine rings is 1. The lowest BCUT2D eigenvalue weighted by molar-refractivity contribution is -0.145. The van der Waals surface area contributed by atoms with E-state index in [2.05, 4.69) is 30.2 Å². The Bertz CT molecular complexity index is 1430. The Morgan fingerprint density at radius 3 is 2.48 bits per heavy atom. The van der Waals surface area contributed by atoms with Crippen molar-refractivity contribution in [2.45, 2.75) is 6.18 Å². The summed E-state index contributed by atoms with van der Waals surface area (Å²) in [5.41, 5.74) is 1.78. The number of hydrogen-bond donors (Lipinski definition) is 1. The van der Waals surface area contributed by atoms with Crippen molar-refractivity contribution in [3.63, 3.8) is 0 Å². The third-order valence-corrected chi connectivity index (χ3v) is 4.68. The van der Waals surface area contributed by atoms with Crippen LogP contribution in [0, 0.1) is 11.3 Å². The number of anilines is 2. The average Bonchev–Trinajstić information content (AvgIpc) is 3.06. The Kier molecular flexibility index (Phi) is 3.91. The predicted molar refractivity (Wildman–Crippen MR) is 101 cm³/mol. The van der Waals surface area contributed by atoms with E-state index in [1.165, 1.54) is 18.6 Å². The van der Waals surface area contributed by atoms with Gasteiger partial charge in [0, 0.05) is 34.6 Å². The van der Waals surface area contributed by atoms with Gasteiger partial charge in [0.05, 0.1) is 23.5 Å². The highest BCUT2D eigenvalue weighted by Gasteiger charge is 2.38. The number of rotatable bonds is 2. The minimum atomic E-state index is -4.76. The zero-order valence-corrected chi connectivity index (χ0v) is 15.3. The number of nitriles is 1. The number of nitrogens with one attached hydrogen (secondary N) is 1. The lowest BCUT2D eigenvalue weighted by Gasteiger charge is -2.09. The summed E-state index contributed by atoms with van der Waals surface area (Å²) < 4.78 is 39.0. The maximum atomic E-state index is 13.0. The van der Waals surface area contributed by atoms with Gasteiger partial charge in [-0.15, -0.1) is 0 Å². The monoisotopic (exact) mass is 419 g/mol. The van der Waals surface area contributed by atoms with Gasteiger partial charge in [0.25, 0.3) is 0 Å². The summed E-state index contributed by atoms with van der Waals surface area (Å²) in [5, 5.41) is 12.4. The van der Waals surface area contributed by atoms with Gasteiger partial charge in [0.1, 0.15) is 17.6 Å². The van der Waals surface area contributed by atoms with Gasteiger partial charge in [-0.05, 0) is 18.2 Å². The minimum Gasteiger partial charge on any atom is -0.339 e. The second-order valence-electron chi connectivity index (χ2n) is 6.59. The summed E-state index contributed by atoms with van der Waals surface area (Å²) in [5.74, 6) is -1.62. The molecule has 5 rings (SSSR count). The second-order valence-corrected chi connectivity index (χ2v) is 6.59. The van der Waals surface area contributed by atoms with E-state index in [9.17, 15) is 18.0 Å². The smallest absolute Gasteiger partial charge is 0.339 e. The molecule has 3 aromatic heterocycles. The Morgan fingerprint density at radius 2 is 1.77 bits per heavy atom. The number of hydrogen-bond acceptors (Lipinski definition) is 8. The summed E-state index contributed by atoms with van der Waals surface area (Å²) in [7, 11) is 0. The Hall–Kier alpha value is -4.46. The predicted octanol–water partition coefficient (Wildman–Crippen LogP) is 3.66. The van der Waals surface area contributed by atoms with Gasteiger partial charge in [0.15, 0.2) is 5.69 Å². The molecule has 8 nitrogen and oxygen atoms in total. The molecule has 0 fully saturated rings. The van der Waals surface area contributed by atoms with E-state index in [0.717, 1.165) is 6.20 Å². The molecular formula is C20H8F3N7O. The van der Waals surface area contributed by atoms with Crippen molar-refractivity contribution >= 4 is 28.2 Å². The molecule has 0 radical (unpaired) electrons. The fourth-order valence-electron chi connectivity index (χ4n) is 3.33. The van der Waals surface area contributed by atoms with E-state index < -0.39 is 17.8 Å². The number of nitrogens with zero attached hydrogens (tertiary/aromatic N) is 6. The minimum absolute atomic E-state index is 0.159. The molecule has 0 saturated carbocycles. The van der Waals surface area contributed by atoms with E-state index in [1.807, 2.05) is 6.07 Å². The van der Waals surface area contributed by atoms with Crippen molar-refractivity contribution in [1.29, 1.82) is 5.26 Å². The van der Waals surface area contributed by atoms with Crippen LogP contribution in [0.1, 0.15) is 27.6 Å². The SMILES string of the molecule is N#Cc1cnc(Nc2ccc3ncc4c(c3c2)-c2cnc(C(F)(F)F)nc2C4=O)cn1. The number of benzene rings is 1. The maximum Gasteiger partial charge on any atom is 0.451 e. The lowest BCUT2D eigenvalue weighted by Crippen LogP contribution is -2.13. The van der Waals surface area contributed by atoms with E-state index >= 15 is 0 Å². The number of ketones is 1. The Labute approximate surface area is 171 Å². The van der Waals surface area contributed by atoms with Gasteiger partial charge in [-0.25, -0.2) is 19.9 Å². The quantitative estimate of drug-likeness (QED) is 0.461. The van der Waals surface area contributed by atoms with Crippen LogP contribution in [0.3, 0.4) is 0 Å². The van der Waals surface area contributed by atoms with Gasteiger partial charge >= 0.3 is 6.18 Å². The van der Waals surface area contributed by atoms with E-state index in [1.54, 1.807) is 18.2 Å². The third-order valence-electron chi connectivity index (χ3n) is 4.68. The second kappa shape index (κ2) is 6.53. The van der Waals surface area contributed by atoms with Crippen LogP contribution < -0.4 is 5.32 Å². The van der Waals surface area contributed by atoms with Crippen LogP contribution >= 0.6 is 0 Å². The molecule has 4 aromatic rings. The third kappa shape index (κ3) is 3.01. The largest absolute Gasteiger partial charge is 0.451 e. The summed E-state index contributed by atoms with van der Waals surface area (Å²) in [6.45, 7) is 0. The van der Waals surface area contributed by atoms with Gasteiger partial charge < -0.3 is 5.32 Å². The van der Waals surface area contributed by atoms with E-state index in [-0.39, 0.29) is 22.5 Å². The molecule has 0 amide bonds. The molecule has 31 heavy (non-hydrogen) atoms. The highest BCUT2D eigenvalue weighted by Crippen LogP contribution is 2.41. The summed E-state index contributed by atoms with van der Waals surface area (Å²) in [6, 6.07) is 6.99. The fourth-order valence-corrected chi connectivity index (χ4v) is 3.33. The van der Waals surface area contributed by atoms with Crippen molar-refractivity contribution < 1.29 is 18.0 Å². The summed E-state index contributed by atoms with van der Waals surface area (Å²) in [6.07, 6.45) is 0.285.